The zero-order valence-corrected chi connectivity index (χ0v) is 10.7. The van der Waals surface area contributed by atoms with E-state index in [1.54, 1.807) is 0 Å². The third-order valence-corrected chi connectivity index (χ3v) is 3.76. The van der Waals surface area contributed by atoms with E-state index in [2.05, 4.69) is 5.32 Å². The van der Waals surface area contributed by atoms with Gasteiger partial charge in [0.15, 0.2) is 0 Å². The van der Waals surface area contributed by atoms with E-state index in [4.69, 9.17) is 5.11 Å². The Morgan fingerprint density at radius 1 is 1.22 bits per heavy atom. The highest BCUT2D eigenvalue weighted by molar-refractivity contribution is 5.79. The van der Waals surface area contributed by atoms with Gasteiger partial charge in [-0.25, -0.2) is 0 Å². The van der Waals surface area contributed by atoms with Crippen molar-refractivity contribution in [3.05, 3.63) is 0 Å². The van der Waals surface area contributed by atoms with E-state index < -0.39 is 5.97 Å². The van der Waals surface area contributed by atoms with Crippen molar-refractivity contribution in [1.29, 1.82) is 0 Å². The molecule has 5 nitrogen and oxygen atoms in total. The molecule has 2 aliphatic rings. The minimum atomic E-state index is -0.774. The summed E-state index contributed by atoms with van der Waals surface area (Å²) in [6.07, 6.45) is 6.19. The average Bonchev–Trinajstić information content (AvgIpc) is 3.18. The summed E-state index contributed by atoms with van der Waals surface area (Å²) in [6.45, 7) is 1.20. The zero-order valence-electron chi connectivity index (χ0n) is 10.7. The molecule has 0 bridgehead atoms. The third-order valence-electron chi connectivity index (χ3n) is 3.76. The summed E-state index contributed by atoms with van der Waals surface area (Å²) < 4.78 is 0. The van der Waals surface area contributed by atoms with Crippen molar-refractivity contribution in [3.63, 3.8) is 0 Å². The van der Waals surface area contributed by atoms with Gasteiger partial charge in [-0.15, -0.1) is 0 Å². The van der Waals surface area contributed by atoms with Crippen molar-refractivity contribution >= 4 is 11.9 Å². The van der Waals surface area contributed by atoms with Gasteiger partial charge in [0.2, 0.25) is 5.91 Å². The van der Waals surface area contributed by atoms with Crippen LogP contribution in [0.4, 0.5) is 0 Å². The maximum Gasteiger partial charge on any atom is 0.303 e. The Labute approximate surface area is 108 Å². The lowest BCUT2D eigenvalue weighted by atomic mass is 9.98. The SMILES string of the molecule is O=C(O)CCC1CCCCN1C(=O)CNC1CC1. The normalized spacial score (nSPS) is 24.0. The van der Waals surface area contributed by atoms with Crippen molar-refractivity contribution in [2.24, 2.45) is 0 Å². The van der Waals surface area contributed by atoms with Crippen LogP contribution in [-0.4, -0.2) is 47.1 Å². The zero-order chi connectivity index (χ0) is 13.0. The van der Waals surface area contributed by atoms with Gasteiger partial charge in [0, 0.05) is 25.0 Å². The van der Waals surface area contributed by atoms with Crippen molar-refractivity contribution in [1.82, 2.24) is 10.2 Å². The molecule has 2 N–H and O–H groups in total. The molecule has 0 aromatic carbocycles. The van der Waals surface area contributed by atoms with Crippen LogP contribution in [0.2, 0.25) is 0 Å². The molecule has 0 aromatic heterocycles. The van der Waals surface area contributed by atoms with Crippen molar-refractivity contribution in [3.8, 4) is 0 Å². The highest BCUT2D eigenvalue weighted by atomic mass is 16.4. The number of piperidine rings is 1. The highest BCUT2D eigenvalue weighted by Gasteiger charge is 2.28. The van der Waals surface area contributed by atoms with E-state index in [0.29, 0.717) is 19.0 Å². The summed E-state index contributed by atoms with van der Waals surface area (Å²) in [5.41, 5.74) is 0. The van der Waals surface area contributed by atoms with Gasteiger partial charge in [0.05, 0.1) is 6.54 Å². The molecule has 1 saturated heterocycles. The molecule has 2 rings (SSSR count). The minimum Gasteiger partial charge on any atom is -0.481 e. The van der Waals surface area contributed by atoms with Gasteiger partial charge >= 0.3 is 5.97 Å². The predicted octanol–water partition coefficient (Wildman–Crippen LogP) is 0.984. The van der Waals surface area contributed by atoms with Crippen molar-refractivity contribution in [2.45, 2.75) is 57.0 Å². The number of aliphatic carboxylic acids is 1. The number of amides is 1. The molecular weight excluding hydrogens is 232 g/mol. The summed E-state index contributed by atoms with van der Waals surface area (Å²) >= 11 is 0. The number of carbonyl (C=O) groups is 2. The second-order valence-electron chi connectivity index (χ2n) is 5.32. The molecule has 1 amide bonds. The molecule has 1 saturated carbocycles. The second-order valence-corrected chi connectivity index (χ2v) is 5.32. The Bertz CT molecular complexity index is 315. The van der Waals surface area contributed by atoms with Gasteiger partial charge in [-0.05, 0) is 38.5 Å². The number of likely N-dealkylation sites (tertiary alicyclic amines) is 1. The predicted molar refractivity (Wildman–Crippen MR) is 67.2 cm³/mol. The summed E-state index contributed by atoms with van der Waals surface area (Å²) in [5, 5.41) is 12.0. The van der Waals surface area contributed by atoms with Gasteiger partial charge in [0.25, 0.3) is 0 Å². The van der Waals surface area contributed by atoms with E-state index >= 15 is 0 Å². The average molecular weight is 254 g/mol. The number of carbonyl (C=O) groups excluding carboxylic acids is 1. The standard InChI is InChI=1S/C13H22N2O3/c16-12(9-14-10-4-5-10)15-8-2-1-3-11(15)6-7-13(17)18/h10-11,14H,1-9H2,(H,17,18). The van der Waals surface area contributed by atoms with Crippen LogP contribution in [0.3, 0.4) is 0 Å². The van der Waals surface area contributed by atoms with Crippen LogP contribution >= 0.6 is 0 Å². The highest BCUT2D eigenvalue weighted by Crippen LogP contribution is 2.22. The van der Waals surface area contributed by atoms with Crippen LogP contribution in [0, 0.1) is 0 Å². The number of hydrogen-bond acceptors (Lipinski definition) is 3. The summed E-state index contributed by atoms with van der Waals surface area (Å²) in [7, 11) is 0. The van der Waals surface area contributed by atoms with E-state index in [1.807, 2.05) is 4.90 Å². The van der Waals surface area contributed by atoms with Crippen LogP contribution < -0.4 is 5.32 Å². The maximum atomic E-state index is 12.1. The summed E-state index contributed by atoms with van der Waals surface area (Å²) in [6, 6.07) is 0.666. The van der Waals surface area contributed by atoms with Gasteiger partial charge in [0.1, 0.15) is 0 Å². The number of carboxylic acid groups (broad SMARTS) is 1. The van der Waals surface area contributed by atoms with Gasteiger partial charge in [-0.1, -0.05) is 0 Å². The number of rotatable bonds is 6. The molecule has 5 heteroatoms. The van der Waals surface area contributed by atoms with Crippen LogP contribution in [0.15, 0.2) is 0 Å². The van der Waals surface area contributed by atoms with E-state index in [9.17, 15) is 9.59 Å². The number of hydrogen-bond donors (Lipinski definition) is 2. The van der Waals surface area contributed by atoms with E-state index in [0.717, 1.165) is 25.8 Å². The Morgan fingerprint density at radius 2 is 2.00 bits per heavy atom. The number of carboxylic acids is 1. The summed E-state index contributed by atoms with van der Waals surface area (Å²) in [4.78, 5) is 24.6. The number of nitrogens with one attached hydrogen (secondary N) is 1. The van der Waals surface area contributed by atoms with Gasteiger partial charge in [-0.2, -0.15) is 0 Å². The quantitative estimate of drug-likeness (QED) is 0.741. The second kappa shape index (κ2) is 6.18. The molecule has 1 atom stereocenters. The first-order chi connectivity index (χ1) is 8.66. The Kier molecular flexibility index (Phi) is 4.58. The largest absolute Gasteiger partial charge is 0.481 e. The Morgan fingerprint density at radius 3 is 2.67 bits per heavy atom. The lowest BCUT2D eigenvalue weighted by Crippen LogP contribution is -2.47. The Hall–Kier alpha value is -1.10. The van der Waals surface area contributed by atoms with Crippen LogP contribution in [0.5, 0.6) is 0 Å². The molecule has 1 aliphatic carbocycles. The maximum absolute atomic E-state index is 12.1. The van der Waals surface area contributed by atoms with E-state index in [1.165, 1.54) is 12.8 Å². The van der Waals surface area contributed by atoms with Crippen LogP contribution in [0.1, 0.15) is 44.9 Å². The first-order valence-corrected chi connectivity index (χ1v) is 6.91. The molecule has 1 aliphatic heterocycles. The lowest BCUT2D eigenvalue weighted by Gasteiger charge is -2.35. The molecule has 2 fully saturated rings. The molecule has 1 heterocycles. The first-order valence-electron chi connectivity index (χ1n) is 6.91. The minimum absolute atomic E-state index is 0.128. The van der Waals surface area contributed by atoms with Crippen LogP contribution in [-0.2, 0) is 9.59 Å². The Balaban J connectivity index is 1.80. The fraction of sp³-hybridized carbons (Fsp3) is 0.846. The first kappa shape index (κ1) is 13.3. The van der Waals surface area contributed by atoms with Gasteiger partial charge in [-0.3, -0.25) is 9.59 Å². The molecule has 18 heavy (non-hydrogen) atoms. The van der Waals surface area contributed by atoms with Crippen molar-refractivity contribution < 1.29 is 14.7 Å². The van der Waals surface area contributed by atoms with Crippen molar-refractivity contribution in [2.75, 3.05) is 13.1 Å². The molecule has 1 unspecified atom stereocenters. The molecule has 102 valence electrons. The monoisotopic (exact) mass is 254 g/mol. The molecule has 0 spiro atoms. The lowest BCUT2D eigenvalue weighted by molar-refractivity contribution is -0.139. The summed E-state index contributed by atoms with van der Waals surface area (Å²) in [5.74, 6) is -0.638. The van der Waals surface area contributed by atoms with Gasteiger partial charge < -0.3 is 15.3 Å². The molecular formula is C13H22N2O3. The number of nitrogens with zero attached hydrogens (tertiary/aromatic N) is 1. The molecule has 0 aromatic rings. The molecule has 0 radical (unpaired) electrons. The van der Waals surface area contributed by atoms with Crippen LogP contribution in [0.25, 0.3) is 0 Å². The fourth-order valence-corrected chi connectivity index (χ4v) is 2.54. The smallest absolute Gasteiger partial charge is 0.303 e. The topological polar surface area (TPSA) is 69.6 Å². The third kappa shape index (κ3) is 3.98. The fourth-order valence-electron chi connectivity index (χ4n) is 2.54. The van der Waals surface area contributed by atoms with E-state index in [-0.39, 0.29) is 18.4 Å².